The van der Waals surface area contributed by atoms with E-state index in [0.29, 0.717) is 6.61 Å². The molecule has 0 saturated carbocycles. The van der Waals surface area contributed by atoms with E-state index >= 15 is 0 Å². The van der Waals surface area contributed by atoms with Crippen LogP contribution in [0.3, 0.4) is 0 Å². The summed E-state index contributed by atoms with van der Waals surface area (Å²) in [7, 11) is 3.32. The summed E-state index contributed by atoms with van der Waals surface area (Å²) in [6, 6.07) is 5.90. The largest absolute Gasteiger partial charge is 0.374 e. The standard InChI is InChI=1S/C8H7Br2O/c1-11-5-6-7(9)3-2-4-8(6)10/h2-4H,1,5H2. The number of benzene rings is 1. The maximum atomic E-state index is 4.78. The molecule has 1 nitrogen and oxygen atoms in total. The molecule has 0 aromatic heterocycles. The number of hydrogen-bond donors (Lipinski definition) is 0. The van der Waals surface area contributed by atoms with Gasteiger partial charge in [0.2, 0.25) is 0 Å². The summed E-state index contributed by atoms with van der Waals surface area (Å²) in [5.74, 6) is 0. The van der Waals surface area contributed by atoms with Crippen molar-refractivity contribution >= 4 is 31.9 Å². The van der Waals surface area contributed by atoms with E-state index in [1.54, 1.807) is 0 Å². The molecule has 0 aliphatic heterocycles. The van der Waals surface area contributed by atoms with Gasteiger partial charge in [0.05, 0.1) is 13.7 Å². The van der Waals surface area contributed by atoms with Crippen molar-refractivity contribution in [1.29, 1.82) is 0 Å². The Morgan fingerprint density at radius 3 is 2.27 bits per heavy atom. The van der Waals surface area contributed by atoms with Crippen molar-refractivity contribution in [1.82, 2.24) is 0 Å². The first-order chi connectivity index (χ1) is 5.25. The lowest BCUT2D eigenvalue weighted by atomic mass is 10.2. The molecule has 0 atom stereocenters. The molecule has 0 aliphatic carbocycles. The van der Waals surface area contributed by atoms with E-state index in [1.807, 2.05) is 18.2 Å². The summed E-state index contributed by atoms with van der Waals surface area (Å²) in [5, 5.41) is 0. The molecule has 0 fully saturated rings. The Labute approximate surface area is 83.0 Å². The first-order valence-electron chi connectivity index (χ1n) is 3.05. The molecule has 0 spiro atoms. The molecule has 0 heterocycles. The second kappa shape index (κ2) is 4.24. The van der Waals surface area contributed by atoms with Gasteiger partial charge in [0.1, 0.15) is 0 Å². The van der Waals surface area contributed by atoms with Gasteiger partial charge in [0.25, 0.3) is 0 Å². The van der Waals surface area contributed by atoms with Crippen LogP contribution in [0, 0.1) is 7.11 Å². The Hall–Kier alpha value is 0.140. The molecule has 0 saturated heterocycles. The SMILES string of the molecule is [CH2]OCc1c(Br)cccc1Br. The van der Waals surface area contributed by atoms with Gasteiger partial charge in [-0.15, -0.1) is 0 Å². The van der Waals surface area contributed by atoms with Crippen LogP contribution < -0.4 is 0 Å². The fourth-order valence-corrected chi connectivity index (χ4v) is 2.00. The van der Waals surface area contributed by atoms with Crippen LogP contribution in [0.2, 0.25) is 0 Å². The van der Waals surface area contributed by atoms with Gasteiger partial charge in [0.15, 0.2) is 0 Å². The molecule has 0 unspecified atom stereocenters. The molecule has 59 valence electrons. The zero-order valence-electron chi connectivity index (χ0n) is 5.81. The molecule has 0 amide bonds. The van der Waals surface area contributed by atoms with Crippen molar-refractivity contribution in [3.8, 4) is 0 Å². The highest BCUT2D eigenvalue weighted by Gasteiger charge is 2.02. The van der Waals surface area contributed by atoms with Gasteiger partial charge >= 0.3 is 0 Å². The minimum Gasteiger partial charge on any atom is -0.374 e. The lowest BCUT2D eigenvalue weighted by molar-refractivity contribution is 0.227. The van der Waals surface area contributed by atoms with Crippen molar-refractivity contribution in [2.24, 2.45) is 0 Å². The van der Waals surface area contributed by atoms with Crippen molar-refractivity contribution in [3.63, 3.8) is 0 Å². The molecule has 0 bridgehead atoms. The van der Waals surface area contributed by atoms with E-state index in [1.165, 1.54) is 0 Å². The van der Waals surface area contributed by atoms with Gasteiger partial charge in [-0.25, -0.2) is 0 Å². The van der Waals surface area contributed by atoms with Crippen molar-refractivity contribution in [2.45, 2.75) is 6.61 Å². The van der Waals surface area contributed by atoms with E-state index in [0.717, 1.165) is 14.5 Å². The van der Waals surface area contributed by atoms with Gasteiger partial charge in [-0.05, 0) is 12.1 Å². The van der Waals surface area contributed by atoms with E-state index in [2.05, 4.69) is 39.0 Å². The van der Waals surface area contributed by atoms with Crippen LogP contribution in [-0.4, -0.2) is 0 Å². The zero-order valence-corrected chi connectivity index (χ0v) is 8.98. The van der Waals surface area contributed by atoms with E-state index in [-0.39, 0.29) is 0 Å². The fourth-order valence-electron chi connectivity index (χ4n) is 0.772. The quantitative estimate of drug-likeness (QED) is 0.804. The van der Waals surface area contributed by atoms with Crippen LogP contribution >= 0.6 is 31.9 Å². The molecule has 3 heteroatoms. The Kier molecular flexibility index (Phi) is 3.55. The van der Waals surface area contributed by atoms with Crippen molar-refractivity contribution in [2.75, 3.05) is 0 Å². The van der Waals surface area contributed by atoms with Gasteiger partial charge in [-0.1, -0.05) is 37.9 Å². The maximum absolute atomic E-state index is 4.78. The summed E-state index contributed by atoms with van der Waals surface area (Å²) >= 11 is 6.82. The molecule has 1 radical (unpaired) electrons. The second-order valence-corrected chi connectivity index (χ2v) is 3.76. The van der Waals surface area contributed by atoms with Crippen molar-refractivity contribution in [3.05, 3.63) is 39.8 Å². The van der Waals surface area contributed by atoms with Crippen LogP contribution in [0.25, 0.3) is 0 Å². The smallest absolute Gasteiger partial charge is 0.0740 e. The first kappa shape index (κ1) is 9.23. The minimum atomic E-state index is 0.516. The highest BCUT2D eigenvalue weighted by Crippen LogP contribution is 2.25. The normalized spacial score (nSPS) is 10.1. The second-order valence-electron chi connectivity index (χ2n) is 2.05. The van der Waals surface area contributed by atoms with Crippen LogP contribution in [0.4, 0.5) is 0 Å². The predicted molar refractivity (Wildman–Crippen MR) is 52.0 cm³/mol. The Balaban J connectivity index is 3.00. The molecule has 1 aromatic carbocycles. The summed E-state index contributed by atoms with van der Waals surface area (Å²) in [5.41, 5.74) is 1.09. The Morgan fingerprint density at radius 1 is 1.27 bits per heavy atom. The summed E-state index contributed by atoms with van der Waals surface area (Å²) in [6.45, 7) is 0.516. The van der Waals surface area contributed by atoms with Gasteiger partial charge in [-0.2, -0.15) is 0 Å². The number of rotatable bonds is 2. The van der Waals surface area contributed by atoms with Gasteiger partial charge < -0.3 is 4.74 Å². The minimum absolute atomic E-state index is 0.516. The third-order valence-corrected chi connectivity index (χ3v) is 2.79. The first-order valence-corrected chi connectivity index (χ1v) is 4.64. The summed E-state index contributed by atoms with van der Waals surface area (Å²) < 4.78 is 6.85. The number of ether oxygens (including phenoxy) is 1. The number of halogens is 2. The zero-order chi connectivity index (χ0) is 8.27. The molecule has 11 heavy (non-hydrogen) atoms. The maximum Gasteiger partial charge on any atom is 0.0740 e. The number of hydrogen-bond acceptors (Lipinski definition) is 1. The van der Waals surface area contributed by atoms with Gasteiger partial charge in [-0.3, -0.25) is 0 Å². The fraction of sp³-hybridized carbons (Fsp3) is 0.125. The molecule has 0 aliphatic rings. The topological polar surface area (TPSA) is 9.23 Å². The predicted octanol–water partition coefficient (Wildman–Crippen LogP) is 3.52. The third kappa shape index (κ3) is 2.29. The molecule has 1 aromatic rings. The average molecular weight is 279 g/mol. The van der Waals surface area contributed by atoms with E-state index in [9.17, 15) is 0 Å². The van der Waals surface area contributed by atoms with Gasteiger partial charge in [0, 0.05) is 14.5 Å². The monoisotopic (exact) mass is 277 g/mol. The van der Waals surface area contributed by atoms with Crippen molar-refractivity contribution < 1.29 is 4.74 Å². The summed E-state index contributed by atoms with van der Waals surface area (Å²) in [6.07, 6.45) is 0. The molecule has 0 N–H and O–H groups in total. The lowest BCUT2D eigenvalue weighted by Gasteiger charge is -2.04. The highest BCUT2D eigenvalue weighted by atomic mass is 79.9. The van der Waals surface area contributed by atoms with E-state index < -0.39 is 0 Å². The van der Waals surface area contributed by atoms with E-state index in [4.69, 9.17) is 4.74 Å². The lowest BCUT2D eigenvalue weighted by Crippen LogP contribution is -1.88. The average Bonchev–Trinajstić information content (AvgIpc) is 1.97. The van der Waals surface area contributed by atoms with Crippen LogP contribution in [0.15, 0.2) is 27.1 Å². The molecule has 1 rings (SSSR count). The third-order valence-electron chi connectivity index (χ3n) is 1.31. The Bertz CT molecular complexity index is 228. The van der Waals surface area contributed by atoms with Crippen LogP contribution in [0.5, 0.6) is 0 Å². The Morgan fingerprint density at radius 2 is 1.82 bits per heavy atom. The van der Waals surface area contributed by atoms with Crippen LogP contribution in [0.1, 0.15) is 5.56 Å². The van der Waals surface area contributed by atoms with Crippen LogP contribution in [-0.2, 0) is 11.3 Å². The molecular weight excluding hydrogens is 272 g/mol. The molecular formula is C8H7Br2O. The summed E-state index contributed by atoms with van der Waals surface area (Å²) in [4.78, 5) is 0. The highest BCUT2D eigenvalue weighted by molar-refractivity contribution is 9.11.